The van der Waals surface area contributed by atoms with Gasteiger partial charge in [-0.15, -0.1) is 0 Å². The summed E-state index contributed by atoms with van der Waals surface area (Å²) in [5.41, 5.74) is 1.29. The second-order valence-electron chi connectivity index (χ2n) is 7.19. The SMILES string of the molecule is CC(C)(C)C(=O)Nc1cc(Br)cc2c1C(c1cc(F)ccc1Cl)NC2=O. The number of rotatable bonds is 2. The second-order valence-corrected chi connectivity index (χ2v) is 8.51. The third kappa shape index (κ3) is 3.48. The van der Waals surface area contributed by atoms with E-state index in [1.54, 1.807) is 32.9 Å². The zero-order valence-corrected chi connectivity index (χ0v) is 16.8. The number of nitrogens with one attached hydrogen (secondary N) is 2. The van der Waals surface area contributed by atoms with Gasteiger partial charge in [-0.25, -0.2) is 4.39 Å². The molecule has 0 aromatic heterocycles. The van der Waals surface area contributed by atoms with Crippen LogP contribution in [0.1, 0.15) is 48.3 Å². The van der Waals surface area contributed by atoms with Gasteiger partial charge >= 0.3 is 0 Å². The van der Waals surface area contributed by atoms with Gasteiger partial charge in [-0.3, -0.25) is 9.59 Å². The van der Waals surface area contributed by atoms with E-state index < -0.39 is 17.3 Å². The Labute approximate surface area is 164 Å². The van der Waals surface area contributed by atoms with Crippen molar-refractivity contribution >= 4 is 45.0 Å². The van der Waals surface area contributed by atoms with Crippen molar-refractivity contribution in [3.05, 3.63) is 62.3 Å². The van der Waals surface area contributed by atoms with Crippen LogP contribution in [0.25, 0.3) is 0 Å². The lowest BCUT2D eigenvalue weighted by molar-refractivity contribution is -0.123. The maximum absolute atomic E-state index is 13.8. The smallest absolute Gasteiger partial charge is 0.252 e. The lowest BCUT2D eigenvalue weighted by Gasteiger charge is -2.22. The van der Waals surface area contributed by atoms with E-state index in [0.717, 1.165) is 0 Å². The molecule has 2 N–H and O–H groups in total. The molecule has 3 rings (SSSR count). The van der Waals surface area contributed by atoms with Gasteiger partial charge in [0.25, 0.3) is 5.91 Å². The largest absolute Gasteiger partial charge is 0.341 e. The van der Waals surface area contributed by atoms with Crippen molar-refractivity contribution in [3.63, 3.8) is 0 Å². The molecular formula is C19H17BrClFN2O2. The molecule has 1 unspecified atom stereocenters. The van der Waals surface area contributed by atoms with Crippen LogP contribution in [0.4, 0.5) is 10.1 Å². The van der Waals surface area contributed by atoms with Crippen molar-refractivity contribution in [1.82, 2.24) is 5.32 Å². The third-order valence-corrected chi connectivity index (χ3v) is 4.95. The van der Waals surface area contributed by atoms with Gasteiger partial charge in [-0.1, -0.05) is 48.3 Å². The Morgan fingerprint density at radius 1 is 1.27 bits per heavy atom. The molecule has 2 aromatic carbocycles. The van der Waals surface area contributed by atoms with Crippen molar-refractivity contribution in [2.75, 3.05) is 5.32 Å². The molecule has 0 aliphatic carbocycles. The van der Waals surface area contributed by atoms with E-state index in [4.69, 9.17) is 11.6 Å². The second kappa shape index (κ2) is 6.67. The molecule has 0 fully saturated rings. The third-order valence-electron chi connectivity index (χ3n) is 4.15. The Bertz CT molecular complexity index is 924. The first-order chi connectivity index (χ1) is 12.1. The fraction of sp³-hybridized carbons (Fsp3) is 0.263. The monoisotopic (exact) mass is 438 g/mol. The molecular weight excluding hydrogens is 423 g/mol. The van der Waals surface area contributed by atoms with Crippen LogP contribution in [0.3, 0.4) is 0 Å². The van der Waals surface area contributed by atoms with Gasteiger partial charge in [0.2, 0.25) is 5.91 Å². The summed E-state index contributed by atoms with van der Waals surface area (Å²) in [5, 5.41) is 6.03. The Morgan fingerprint density at radius 3 is 2.62 bits per heavy atom. The predicted molar refractivity (Wildman–Crippen MR) is 103 cm³/mol. The standard InChI is InChI=1S/C19H17BrClFN2O2/c1-19(2,3)18(26)23-14-7-9(20)6-12-15(14)16(24-17(12)25)11-8-10(22)4-5-13(11)21/h4-8,16H,1-3H3,(H,23,26)(H,24,25). The van der Waals surface area contributed by atoms with E-state index >= 15 is 0 Å². The summed E-state index contributed by atoms with van der Waals surface area (Å²) < 4.78 is 14.4. The first-order valence-electron chi connectivity index (χ1n) is 7.98. The van der Waals surface area contributed by atoms with Crippen molar-refractivity contribution in [2.24, 2.45) is 5.41 Å². The van der Waals surface area contributed by atoms with Crippen molar-refractivity contribution in [3.8, 4) is 0 Å². The quantitative estimate of drug-likeness (QED) is 0.687. The molecule has 1 atom stereocenters. The Kier molecular flexibility index (Phi) is 4.84. The molecule has 0 bridgehead atoms. The molecule has 0 saturated heterocycles. The van der Waals surface area contributed by atoms with Gasteiger partial charge in [0, 0.05) is 37.3 Å². The fourth-order valence-corrected chi connectivity index (χ4v) is 3.46. The molecule has 1 aliphatic heterocycles. The molecule has 1 aliphatic rings. The highest BCUT2D eigenvalue weighted by atomic mass is 79.9. The van der Waals surface area contributed by atoms with Gasteiger partial charge in [0.1, 0.15) is 5.82 Å². The summed E-state index contributed by atoms with van der Waals surface area (Å²) in [4.78, 5) is 24.9. The number of halogens is 3. The van der Waals surface area contributed by atoms with Crippen LogP contribution in [0, 0.1) is 11.2 Å². The summed E-state index contributed by atoms with van der Waals surface area (Å²) in [6.07, 6.45) is 0. The summed E-state index contributed by atoms with van der Waals surface area (Å²) in [6.45, 7) is 5.39. The molecule has 26 heavy (non-hydrogen) atoms. The maximum atomic E-state index is 13.8. The number of fused-ring (bicyclic) bond motifs is 1. The van der Waals surface area contributed by atoms with Crippen LogP contribution < -0.4 is 10.6 Å². The van der Waals surface area contributed by atoms with Crippen LogP contribution >= 0.6 is 27.5 Å². The first-order valence-corrected chi connectivity index (χ1v) is 9.15. The van der Waals surface area contributed by atoms with Crippen LogP contribution in [0.2, 0.25) is 5.02 Å². The minimum atomic E-state index is -0.649. The van der Waals surface area contributed by atoms with E-state index in [1.165, 1.54) is 18.2 Å². The zero-order valence-electron chi connectivity index (χ0n) is 14.4. The van der Waals surface area contributed by atoms with E-state index in [0.29, 0.717) is 31.9 Å². The van der Waals surface area contributed by atoms with E-state index in [-0.39, 0.29) is 11.8 Å². The maximum Gasteiger partial charge on any atom is 0.252 e. The van der Waals surface area contributed by atoms with Crippen molar-refractivity contribution in [1.29, 1.82) is 0 Å². The topological polar surface area (TPSA) is 58.2 Å². The summed E-state index contributed by atoms with van der Waals surface area (Å²) in [6, 6.07) is 6.74. The number of amides is 2. The first kappa shape index (κ1) is 18.9. The van der Waals surface area contributed by atoms with Gasteiger partial charge < -0.3 is 10.6 Å². The lowest BCUT2D eigenvalue weighted by atomic mass is 9.93. The van der Waals surface area contributed by atoms with Gasteiger partial charge in [0.15, 0.2) is 0 Å². The molecule has 4 nitrogen and oxygen atoms in total. The van der Waals surface area contributed by atoms with E-state index in [1.807, 2.05) is 0 Å². The van der Waals surface area contributed by atoms with E-state index in [2.05, 4.69) is 26.6 Å². The molecule has 0 radical (unpaired) electrons. The molecule has 1 heterocycles. The normalized spacial score (nSPS) is 16.2. The van der Waals surface area contributed by atoms with Crippen LogP contribution in [0.5, 0.6) is 0 Å². The fourth-order valence-electron chi connectivity index (χ4n) is 2.78. The minimum absolute atomic E-state index is 0.193. The highest BCUT2D eigenvalue weighted by Gasteiger charge is 2.35. The van der Waals surface area contributed by atoms with Gasteiger partial charge in [-0.2, -0.15) is 0 Å². The molecule has 7 heteroatoms. The summed E-state index contributed by atoms with van der Waals surface area (Å²) >= 11 is 9.61. The summed E-state index contributed by atoms with van der Waals surface area (Å²) in [7, 11) is 0. The number of anilines is 1. The van der Waals surface area contributed by atoms with Crippen molar-refractivity contribution < 1.29 is 14.0 Å². The number of hydrogen-bond donors (Lipinski definition) is 2. The van der Waals surface area contributed by atoms with Crippen LogP contribution in [-0.4, -0.2) is 11.8 Å². The number of hydrogen-bond acceptors (Lipinski definition) is 2. The predicted octanol–water partition coefficient (Wildman–Crippen LogP) is 5.06. The number of carbonyl (C=O) groups is 2. The highest BCUT2D eigenvalue weighted by molar-refractivity contribution is 9.10. The molecule has 2 amide bonds. The van der Waals surface area contributed by atoms with Gasteiger partial charge in [0.05, 0.1) is 6.04 Å². The minimum Gasteiger partial charge on any atom is -0.341 e. The molecule has 0 spiro atoms. The lowest BCUT2D eigenvalue weighted by Crippen LogP contribution is -2.28. The average molecular weight is 440 g/mol. The van der Waals surface area contributed by atoms with E-state index in [9.17, 15) is 14.0 Å². The molecule has 0 saturated carbocycles. The summed E-state index contributed by atoms with van der Waals surface area (Å²) in [5.74, 6) is -0.955. The molecule has 2 aromatic rings. The Morgan fingerprint density at radius 2 is 1.96 bits per heavy atom. The Balaban J connectivity index is 2.15. The van der Waals surface area contributed by atoms with Gasteiger partial charge in [-0.05, 0) is 30.3 Å². The van der Waals surface area contributed by atoms with Crippen molar-refractivity contribution in [2.45, 2.75) is 26.8 Å². The zero-order chi connectivity index (χ0) is 19.2. The number of carbonyl (C=O) groups excluding carboxylic acids is 2. The Hall–Kier alpha value is -1.92. The average Bonchev–Trinajstić information content (AvgIpc) is 2.85. The van der Waals surface area contributed by atoms with Crippen LogP contribution in [-0.2, 0) is 4.79 Å². The highest BCUT2D eigenvalue weighted by Crippen LogP contribution is 2.41. The molecule has 136 valence electrons. The number of benzene rings is 2. The van der Waals surface area contributed by atoms with Crippen LogP contribution in [0.15, 0.2) is 34.8 Å².